The van der Waals surface area contributed by atoms with E-state index in [1.807, 2.05) is 0 Å². The summed E-state index contributed by atoms with van der Waals surface area (Å²) in [6.45, 7) is 8.24. The molecule has 0 aromatic carbocycles. The highest BCUT2D eigenvalue weighted by Crippen LogP contribution is 2.71. The molecule has 5 rings (SSSR count). The van der Waals surface area contributed by atoms with Crippen LogP contribution in [0.5, 0.6) is 0 Å². The number of allylic oxidation sites excluding steroid dienone is 1. The minimum atomic E-state index is -3.98. The Morgan fingerprint density at radius 2 is 1.79 bits per heavy atom. The Balaban J connectivity index is 1.60. The number of Topliss-reactive ketones (excluding diaryl/α,β-unsaturated/α-hetero) is 1. The van der Waals surface area contributed by atoms with Gasteiger partial charge in [0.05, 0.1) is 6.10 Å². The number of aliphatic hydroxyl groups is 1. The van der Waals surface area contributed by atoms with E-state index >= 15 is 0 Å². The lowest BCUT2D eigenvalue weighted by Crippen LogP contribution is -2.69. The lowest BCUT2D eigenvalue weighted by Gasteiger charge is -2.65. The molecule has 5 aliphatic rings. The number of fused-ring (bicyclic) bond motifs is 6. The van der Waals surface area contributed by atoms with E-state index in [0.29, 0.717) is 24.0 Å². The summed E-state index contributed by atoms with van der Waals surface area (Å²) in [6.07, 6.45) is 4.93. The van der Waals surface area contributed by atoms with Crippen molar-refractivity contribution in [3.63, 3.8) is 0 Å². The Labute approximate surface area is 173 Å². The molecule has 0 aromatic heterocycles. The molecule has 6 nitrogen and oxygen atoms in total. The van der Waals surface area contributed by atoms with Gasteiger partial charge in [0.1, 0.15) is 5.78 Å². The average molecular weight is 425 g/mol. The molecule has 7 heteroatoms. The monoisotopic (exact) mass is 424 g/mol. The van der Waals surface area contributed by atoms with Gasteiger partial charge in [-0.15, -0.1) is 0 Å². The maximum atomic E-state index is 12.3. The van der Waals surface area contributed by atoms with E-state index < -0.39 is 27.7 Å². The highest BCUT2D eigenvalue weighted by molar-refractivity contribution is 7.82. The van der Waals surface area contributed by atoms with E-state index in [4.69, 9.17) is 8.37 Å². The molecule has 0 amide bonds. The smallest absolute Gasteiger partial charge is 0.393 e. The van der Waals surface area contributed by atoms with Crippen molar-refractivity contribution >= 4 is 16.2 Å². The lowest BCUT2D eigenvalue weighted by molar-refractivity contribution is -0.295. The first-order valence-corrected chi connectivity index (χ1v) is 12.3. The standard InChI is InChI=1S/C22H32O6S/c1-12-9-15-17-6-5-16(13(2)23)20(17,3)8-7-18(15)21(4)19(12)10-14(24)11-22(21)27-29(25,26)28-22/h14-18,24H,5-11H2,1-4H3/t14-,15?,16+,17?,18?,20+,21+/m0/s1. The SMILES string of the molecule is CC(=O)[C@H]1CCC2C3CC(C)=C4C[C@H](O)CC5(OS(=O)(=O)O5)[C@]4(C)C3CC[C@@]21C. The fraction of sp³-hybridized carbons (Fsp3) is 0.864. The zero-order valence-corrected chi connectivity index (χ0v) is 18.5. The van der Waals surface area contributed by atoms with Crippen LogP contribution in [0.1, 0.15) is 72.6 Å². The quantitative estimate of drug-likeness (QED) is 0.648. The molecule has 0 bridgehead atoms. The molecule has 3 saturated carbocycles. The van der Waals surface area contributed by atoms with E-state index in [-0.39, 0.29) is 23.7 Å². The molecule has 1 spiro atoms. The highest BCUT2D eigenvalue weighted by atomic mass is 32.3. The first-order valence-electron chi connectivity index (χ1n) is 11.0. The number of carbonyl (C=O) groups is 1. The third-order valence-corrected chi connectivity index (χ3v) is 10.5. The number of hydrogen-bond donors (Lipinski definition) is 1. The zero-order chi connectivity index (χ0) is 21.0. The van der Waals surface area contributed by atoms with E-state index in [2.05, 4.69) is 20.8 Å². The molecular weight excluding hydrogens is 392 g/mol. The van der Waals surface area contributed by atoms with Crippen molar-refractivity contribution in [3.8, 4) is 0 Å². The average Bonchev–Trinajstić information content (AvgIpc) is 2.93. The van der Waals surface area contributed by atoms with Crippen LogP contribution < -0.4 is 0 Å². The molecule has 0 radical (unpaired) electrons. The third kappa shape index (κ3) is 2.45. The van der Waals surface area contributed by atoms with Crippen molar-refractivity contribution in [3.05, 3.63) is 11.1 Å². The van der Waals surface area contributed by atoms with Gasteiger partial charge in [-0.05, 0) is 75.5 Å². The van der Waals surface area contributed by atoms with Crippen LogP contribution in [0.2, 0.25) is 0 Å². The Kier molecular flexibility index (Phi) is 4.12. The lowest BCUT2D eigenvalue weighted by atomic mass is 9.45. The summed E-state index contributed by atoms with van der Waals surface area (Å²) in [6, 6.07) is 0. The summed E-state index contributed by atoms with van der Waals surface area (Å²) in [5.41, 5.74) is 1.81. The van der Waals surface area contributed by atoms with Gasteiger partial charge in [0.2, 0.25) is 5.79 Å². The number of rotatable bonds is 1. The van der Waals surface area contributed by atoms with E-state index in [0.717, 1.165) is 37.7 Å². The molecule has 1 saturated heterocycles. The molecular formula is C22H32O6S. The Morgan fingerprint density at radius 3 is 2.41 bits per heavy atom. The number of carbonyl (C=O) groups excluding carboxylic acids is 1. The summed E-state index contributed by atoms with van der Waals surface area (Å²) < 4.78 is 34.8. The third-order valence-electron chi connectivity index (χ3n) is 9.56. The molecule has 4 aliphatic carbocycles. The van der Waals surface area contributed by atoms with Crippen molar-refractivity contribution in [2.75, 3.05) is 0 Å². The van der Waals surface area contributed by atoms with Crippen LogP contribution in [-0.4, -0.2) is 31.2 Å². The van der Waals surface area contributed by atoms with Gasteiger partial charge in [0.25, 0.3) is 0 Å². The number of ketones is 1. The topological polar surface area (TPSA) is 89.9 Å². The molecule has 1 heterocycles. The van der Waals surface area contributed by atoms with Crippen LogP contribution in [-0.2, 0) is 23.6 Å². The van der Waals surface area contributed by atoms with E-state index in [1.165, 1.54) is 5.57 Å². The number of aliphatic hydroxyl groups excluding tert-OH is 1. The number of hydrogen-bond acceptors (Lipinski definition) is 6. The minimum absolute atomic E-state index is 0.0237. The molecule has 1 aliphatic heterocycles. The van der Waals surface area contributed by atoms with Gasteiger partial charge in [-0.3, -0.25) is 4.79 Å². The summed E-state index contributed by atoms with van der Waals surface area (Å²) >= 11 is 0. The van der Waals surface area contributed by atoms with Gasteiger partial charge >= 0.3 is 10.4 Å². The van der Waals surface area contributed by atoms with Crippen LogP contribution >= 0.6 is 0 Å². The van der Waals surface area contributed by atoms with Crippen LogP contribution in [0.3, 0.4) is 0 Å². The Hall–Kier alpha value is -0.760. The minimum Gasteiger partial charge on any atom is -0.393 e. The van der Waals surface area contributed by atoms with Crippen molar-refractivity contribution in [1.29, 1.82) is 0 Å². The molecule has 3 unspecified atom stereocenters. The van der Waals surface area contributed by atoms with Gasteiger partial charge < -0.3 is 5.11 Å². The second-order valence-corrected chi connectivity index (χ2v) is 11.9. The predicted molar refractivity (Wildman–Crippen MR) is 106 cm³/mol. The van der Waals surface area contributed by atoms with Gasteiger partial charge in [-0.2, -0.15) is 8.42 Å². The van der Waals surface area contributed by atoms with Gasteiger partial charge in [-0.1, -0.05) is 25.0 Å². The zero-order valence-electron chi connectivity index (χ0n) is 17.7. The van der Waals surface area contributed by atoms with Crippen LogP contribution in [0, 0.1) is 34.5 Å². The van der Waals surface area contributed by atoms with Gasteiger partial charge in [-0.25, -0.2) is 8.37 Å². The Morgan fingerprint density at radius 1 is 1.10 bits per heavy atom. The van der Waals surface area contributed by atoms with E-state index in [1.54, 1.807) is 6.92 Å². The van der Waals surface area contributed by atoms with Crippen LogP contribution in [0.25, 0.3) is 0 Å². The maximum Gasteiger partial charge on any atom is 0.405 e. The highest BCUT2D eigenvalue weighted by Gasteiger charge is 2.73. The predicted octanol–water partition coefficient (Wildman–Crippen LogP) is 3.50. The molecule has 1 N–H and O–H groups in total. The fourth-order valence-electron chi connectivity index (χ4n) is 8.41. The van der Waals surface area contributed by atoms with E-state index in [9.17, 15) is 18.3 Å². The summed E-state index contributed by atoms with van der Waals surface area (Å²) in [4.78, 5) is 12.3. The Bertz CT molecular complexity index is 894. The fourth-order valence-corrected chi connectivity index (χ4v) is 9.56. The second-order valence-electron chi connectivity index (χ2n) is 10.7. The molecule has 0 aromatic rings. The van der Waals surface area contributed by atoms with Gasteiger partial charge in [0.15, 0.2) is 0 Å². The first kappa shape index (κ1) is 20.2. The van der Waals surface area contributed by atoms with Crippen LogP contribution in [0.4, 0.5) is 0 Å². The first-order chi connectivity index (χ1) is 13.4. The summed E-state index contributed by atoms with van der Waals surface area (Å²) in [5, 5.41) is 10.5. The van der Waals surface area contributed by atoms with Crippen molar-refractivity contribution < 1.29 is 26.7 Å². The largest absolute Gasteiger partial charge is 0.405 e. The summed E-state index contributed by atoms with van der Waals surface area (Å²) in [5.74, 6) is 0.199. The normalized spacial score (nSPS) is 49.8. The van der Waals surface area contributed by atoms with Gasteiger partial charge in [0, 0.05) is 17.8 Å². The van der Waals surface area contributed by atoms with Crippen molar-refractivity contribution in [2.24, 2.45) is 34.5 Å². The maximum absolute atomic E-state index is 12.3. The molecule has 29 heavy (non-hydrogen) atoms. The van der Waals surface area contributed by atoms with Crippen molar-refractivity contribution in [2.45, 2.75) is 84.5 Å². The van der Waals surface area contributed by atoms with Crippen LogP contribution in [0.15, 0.2) is 11.1 Å². The van der Waals surface area contributed by atoms with Crippen molar-refractivity contribution in [1.82, 2.24) is 0 Å². The molecule has 4 fully saturated rings. The second kappa shape index (κ2) is 5.93. The molecule has 7 atom stereocenters. The summed E-state index contributed by atoms with van der Waals surface area (Å²) in [7, 11) is -3.98. The molecule has 162 valence electrons.